The minimum atomic E-state index is -0.861. The van der Waals surface area contributed by atoms with Crippen LogP contribution in [0.25, 0.3) is 0 Å². The van der Waals surface area contributed by atoms with Crippen LogP contribution in [0.4, 0.5) is 5.82 Å². The van der Waals surface area contributed by atoms with E-state index in [0.717, 1.165) is 0 Å². The molecule has 2 aromatic rings. The van der Waals surface area contributed by atoms with Gasteiger partial charge in [-0.15, -0.1) is 0 Å². The molecule has 2 rings (SSSR count). The third kappa shape index (κ3) is 5.33. The fourth-order valence-electron chi connectivity index (χ4n) is 2.22. The number of hydrogen-bond acceptors (Lipinski definition) is 5. The Balaban J connectivity index is 1.87. The fraction of sp³-hybridized carbons (Fsp3) is 0.294. The van der Waals surface area contributed by atoms with Gasteiger partial charge in [-0.1, -0.05) is 12.1 Å². The number of aromatic nitrogens is 2. The van der Waals surface area contributed by atoms with Crippen LogP contribution in [0.2, 0.25) is 0 Å². The van der Waals surface area contributed by atoms with E-state index in [-0.39, 0.29) is 23.8 Å². The van der Waals surface area contributed by atoms with Gasteiger partial charge in [-0.3, -0.25) is 19.5 Å². The standard InChI is InChI=1S/C17H20N4O5/c1-26-13-7-3-2-6-11(13)16(24)19-14-10-12(20-21-14)17(25)18-9-5-4-8-15(22)23/h2-3,6-7,10H,4-5,8-9H2,1H3,(H,18,25)(H,22,23)(H2,19,20,21,24). The zero-order valence-corrected chi connectivity index (χ0v) is 14.2. The summed E-state index contributed by atoms with van der Waals surface area (Å²) in [6.45, 7) is 0.355. The van der Waals surface area contributed by atoms with Gasteiger partial charge < -0.3 is 20.5 Å². The van der Waals surface area contributed by atoms with Crippen molar-refractivity contribution in [2.45, 2.75) is 19.3 Å². The van der Waals surface area contributed by atoms with Crippen molar-refractivity contribution in [2.75, 3.05) is 19.0 Å². The number of amides is 2. The number of aliphatic carboxylic acids is 1. The number of carbonyl (C=O) groups is 3. The number of H-pyrrole nitrogens is 1. The van der Waals surface area contributed by atoms with Gasteiger partial charge in [0.1, 0.15) is 11.4 Å². The predicted octanol–water partition coefficient (Wildman–Crippen LogP) is 1.66. The molecule has 0 aliphatic carbocycles. The van der Waals surface area contributed by atoms with Crippen LogP contribution in [-0.2, 0) is 4.79 Å². The van der Waals surface area contributed by atoms with E-state index >= 15 is 0 Å². The maximum Gasteiger partial charge on any atom is 0.303 e. The number of carboxylic acids is 1. The largest absolute Gasteiger partial charge is 0.496 e. The van der Waals surface area contributed by atoms with Gasteiger partial charge in [-0.05, 0) is 25.0 Å². The first-order valence-electron chi connectivity index (χ1n) is 8.01. The van der Waals surface area contributed by atoms with Crippen molar-refractivity contribution in [3.63, 3.8) is 0 Å². The number of methoxy groups -OCH3 is 1. The lowest BCUT2D eigenvalue weighted by Gasteiger charge is -2.07. The molecule has 0 radical (unpaired) electrons. The molecule has 4 N–H and O–H groups in total. The quantitative estimate of drug-likeness (QED) is 0.503. The monoisotopic (exact) mass is 360 g/mol. The number of anilines is 1. The molecule has 1 heterocycles. The molecule has 138 valence electrons. The molecule has 9 heteroatoms. The molecule has 26 heavy (non-hydrogen) atoms. The molecule has 0 aliphatic rings. The average Bonchev–Trinajstić information content (AvgIpc) is 3.09. The highest BCUT2D eigenvalue weighted by Gasteiger charge is 2.15. The normalized spacial score (nSPS) is 10.2. The SMILES string of the molecule is COc1ccccc1C(=O)Nc1cc(C(=O)NCCCCC(=O)O)[nH]n1. The molecular formula is C17H20N4O5. The summed E-state index contributed by atoms with van der Waals surface area (Å²) >= 11 is 0. The molecule has 0 spiro atoms. The van der Waals surface area contributed by atoms with Crippen molar-refractivity contribution < 1.29 is 24.2 Å². The van der Waals surface area contributed by atoms with Crippen molar-refractivity contribution in [3.05, 3.63) is 41.6 Å². The molecule has 0 atom stereocenters. The number of carboxylic acid groups (broad SMARTS) is 1. The van der Waals surface area contributed by atoms with Crippen LogP contribution >= 0.6 is 0 Å². The third-order valence-electron chi connectivity index (χ3n) is 3.52. The Hall–Kier alpha value is -3.36. The first kappa shape index (κ1) is 19.0. The highest BCUT2D eigenvalue weighted by molar-refractivity contribution is 6.06. The molecule has 0 bridgehead atoms. The number of carbonyl (C=O) groups excluding carboxylic acids is 2. The Labute approximate surface area is 149 Å². The minimum Gasteiger partial charge on any atom is -0.496 e. The van der Waals surface area contributed by atoms with Crippen molar-refractivity contribution in [2.24, 2.45) is 0 Å². The fourth-order valence-corrected chi connectivity index (χ4v) is 2.22. The number of nitrogens with zero attached hydrogens (tertiary/aromatic N) is 1. The topological polar surface area (TPSA) is 133 Å². The molecule has 0 saturated heterocycles. The zero-order chi connectivity index (χ0) is 18.9. The van der Waals surface area contributed by atoms with E-state index in [1.54, 1.807) is 24.3 Å². The van der Waals surface area contributed by atoms with Crippen LogP contribution in [0.5, 0.6) is 5.75 Å². The first-order valence-corrected chi connectivity index (χ1v) is 8.01. The second-order valence-corrected chi connectivity index (χ2v) is 5.43. The Morgan fingerprint density at radius 3 is 2.69 bits per heavy atom. The van der Waals surface area contributed by atoms with E-state index in [1.165, 1.54) is 13.2 Å². The number of aromatic amines is 1. The van der Waals surface area contributed by atoms with Gasteiger partial charge in [0.15, 0.2) is 5.82 Å². The summed E-state index contributed by atoms with van der Waals surface area (Å²) in [6.07, 6.45) is 1.11. The first-order chi connectivity index (χ1) is 12.5. The third-order valence-corrected chi connectivity index (χ3v) is 3.52. The molecule has 0 fully saturated rings. The minimum absolute atomic E-state index is 0.0685. The van der Waals surface area contributed by atoms with E-state index in [0.29, 0.717) is 30.7 Å². The Morgan fingerprint density at radius 1 is 1.19 bits per heavy atom. The lowest BCUT2D eigenvalue weighted by Crippen LogP contribution is -2.24. The van der Waals surface area contributed by atoms with Crippen LogP contribution in [0, 0.1) is 0 Å². The summed E-state index contributed by atoms with van der Waals surface area (Å²) in [4.78, 5) is 34.7. The van der Waals surface area contributed by atoms with Gasteiger partial charge in [0.2, 0.25) is 0 Å². The van der Waals surface area contributed by atoms with Crippen molar-refractivity contribution in [1.29, 1.82) is 0 Å². The molecule has 2 amide bonds. The second kappa shape index (κ2) is 9.21. The lowest BCUT2D eigenvalue weighted by atomic mass is 10.2. The van der Waals surface area contributed by atoms with Crippen molar-refractivity contribution >= 4 is 23.6 Å². The van der Waals surface area contributed by atoms with E-state index in [4.69, 9.17) is 9.84 Å². The molecule has 0 unspecified atom stereocenters. The van der Waals surface area contributed by atoms with Crippen molar-refractivity contribution in [1.82, 2.24) is 15.5 Å². The average molecular weight is 360 g/mol. The van der Waals surface area contributed by atoms with E-state index in [9.17, 15) is 14.4 Å². The number of rotatable bonds is 9. The highest BCUT2D eigenvalue weighted by Crippen LogP contribution is 2.18. The van der Waals surface area contributed by atoms with Crippen LogP contribution in [0.15, 0.2) is 30.3 Å². The lowest BCUT2D eigenvalue weighted by molar-refractivity contribution is -0.137. The molecule has 0 aliphatic heterocycles. The molecule has 9 nitrogen and oxygen atoms in total. The number of ether oxygens (including phenoxy) is 1. The van der Waals surface area contributed by atoms with E-state index in [1.807, 2.05) is 0 Å². The van der Waals surface area contributed by atoms with Crippen molar-refractivity contribution in [3.8, 4) is 5.75 Å². The number of unbranched alkanes of at least 4 members (excludes halogenated alkanes) is 1. The maximum atomic E-state index is 12.3. The maximum absolute atomic E-state index is 12.3. The van der Waals surface area contributed by atoms with Gasteiger partial charge in [0.05, 0.1) is 12.7 Å². The molecule has 0 saturated carbocycles. The summed E-state index contributed by atoms with van der Waals surface area (Å²) in [5.74, 6) is -1.02. The van der Waals surface area contributed by atoms with Crippen LogP contribution in [0.3, 0.4) is 0 Å². The molecule has 1 aromatic heterocycles. The highest BCUT2D eigenvalue weighted by atomic mass is 16.5. The summed E-state index contributed by atoms with van der Waals surface area (Å²) in [5.41, 5.74) is 0.543. The number of nitrogens with one attached hydrogen (secondary N) is 3. The summed E-state index contributed by atoms with van der Waals surface area (Å²) in [7, 11) is 1.47. The summed E-state index contributed by atoms with van der Waals surface area (Å²) in [6, 6.07) is 8.17. The van der Waals surface area contributed by atoms with E-state index < -0.39 is 11.9 Å². The van der Waals surface area contributed by atoms with Crippen LogP contribution < -0.4 is 15.4 Å². The van der Waals surface area contributed by atoms with Gasteiger partial charge in [0, 0.05) is 19.0 Å². The van der Waals surface area contributed by atoms with Gasteiger partial charge in [-0.2, -0.15) is 5.10 Å². The predicted molar refractivity (Wildman–Crippen MR) is 93.4 cm³/mol. The van der Waals surface area contributed by atoms with Gasteiger partial charge in [-0.25, -0.2) is 0 Å². The smallest absolute Gasteiger partial charge is 0.303 e. The Bertz CT molecular complexity index is 787. The number of benzene rings is 1. The van der Waals surface area contributed by atoms with Gasteiger partial charge in [0.25, 0.3) is 11.8 Å². The second-order valence-electron chi connectivity index (χ2n) is 5.43. The number of hydrogen-bond donors (Lipinski definition) is 4. The van der Waals surface area contributed by atoms with Gasteiger partial charge >= 0.3 is 5.97 Å². The molecular weight excluding hydrogens is 340 g/mol. The summed E-state index contributed by atoms with van der Waals surface area (Å²) < 4.78 is 5.14. The van der Waals surface area contributed by atoms with Crippen LogP contribution in [0.1, 0.15) is 40.1 Å². The molecule has 1 aromatic carbocycles. The summed E-state index contributed by atoms with van der Waals surface area (Å²) in [5, 5.41) is 20.2. The number of para-hydroxylation sites is 1. The zero-order valence-electron chi connectivity index (χ0n) is 14.2. The van der Waals surface area contributed by atoms with E-state index in [2.05, 4.69) is 20.8 Å². The Morgan fingerprint density at radius 2 is 1.96 bits per heavy atom. The van der Waals surface area contributed by atoms with Crippen LogP contribution in [-0.4, -0.2) is 46.7 Å². The Kier molecular flexibility index (Phi) is 6.72.